The summed E-state index contributed by atoms with van der Waals surface area (Å²) in [6.07, 6.45) is 1.10. The molecular weight excluding hydrogens is 182 g/mol. The summed E-state index contributed by atoms with van der Waals surface area (Å²) in [5.41, 5.74) is 1.10. The molecule has 2 nitrogen and oxygen atoms in total. The van der Waals surface area contributed by atoms with Gasteiger partial charge in [0.1, 0.15) is 0 Å². The minimum absolute atomic E-state index is 0.0665. The van der Waals surface area contributed by atoms with E-state index in [0.29, 0.717) is 11.5 Å². The maximum atomic E-state index is 11.5. The van der Waals surface area contributed by atoms with Gasteiger partial charge in [-0.05, 0) is 23.3 Å². The lowest BCUT2D eigenvalue weighted by molar-refractivity contribution is 0.0947. The number of carbonyl (C=O) groups excluding carboxylic acids is 1. The fourth-order valence-electron chi connectivity index (χ4n) is 1.35. The van der Waals surface area contributed by atoms with Crippen LogP contribution in [0.3, 0.4) is 0 Å². The predicted octanol–water partition coefficient (Wildman–Crippen LogP) is 2.28. The molecule has 1 aromatic rings. The standard InChI is InChI=1S/C10H13NOS/c1-10(2)5-8(10)11-9(12)7-3-4-13-6-7/h3-4,6,8H,5H2,1-2H3,(H,11,12). The zero-order chi connectivity index (χ0) is 9.47. The molecule has 70 valence electrons. The number of rotatable bonds is 2. The summed E-state index contributed by atoms with van der Waals surface area (Å²) in [5, 5.41) is 6.82. The van der Waals surface area contributed by atoms with Gasteiger partial charge in [-0.15, -0.1) is 0 Å². The fraction of sp³-hybridized carbons (Fsp3) is 0.500. The molecule has 0 saturated heterocycles. The van der Waals surface area contributed by atoms with Crippen LogP contribution in [0.5, 0.6) is 0 Å². The molecule has 0 aliphatic heterocycles. The lowest BCUT2D eigenvalue weighted by atomic mass is 10.2. The monoisotopic (exact) mass is 195 g/mol. The van der Waals surface area contributed by atoms with Crippen LogP contribution in [0.25, 0.3) is 0 Å². The van der Waals surface area contributed by atoms with Gasteiger partial charge in [0.2, 0.25) is 0 Å². The van der Waals surface area contributed by atoms with Crippen LogP contribution in [0.15, 0.2) is 16.8 Å². The topological polar surface area (TPSA) is 29.1 Å². The molecule has 1 aliphatic carbocycles. The molecule has 1 N–H and O–H groups in total. The van der Waals surface area contributed by atoms with E-state index < -0.39 is 0 Å². The van der Waals surface area contributed by atoms with Crippen LogP contribution in [-0.2, 0) is 0 Å². The predicted molar refractivity (Wildman–Crippen MR) is 54.0 cm³/mol. The average Bonchev–Trinajstić information content (AvgIpc) is 2.58. The van der Waals surface area contributed by atoms with Crippen molar-refractivity contribution in [3.05, 3.63) is 22.4 Å². The van der Waals surface area contributed by atoms with Crippen molar-refractivity contribution in [3.8, 4) is 0 Å². The Labute approximate surface area is 82.0 Å². The Morgan fingerprint density at radius 3 is 2.85 bits per heavy atom. The van der Waals surface area contributed by atoms with E-state index in [4.69, 9.17) is 0 Å². The Hall–Kier alpha value is -0.830. The summed E-state index contributed by atoms with van der Waals surface area (Å²) >= 11 is 1.55. The van der Waals surface area contributed by atoms with Gasteiger partial charge in [-0.1, -0.05) is 13.8 Å². The SMILES string of the molecule is CC1(C)CC1NC(=O)c1ccsc1. The first-order valence-corrected chi connectivity index (χ1v) is 5.37. The largest absolute Gasteiger partial charge is 0.349 e. The van der Waals surface area contributed by atoms with Crippen LogP contribution in [0.4, 0.5) is 0 Å². The van der Waals surface area contributed by atoms with Crippen LogP contribution in [0.1, 0.15) is 30.6 Å². The quantitative estimate of drug-likeness (QED) is 0.770. The number of carbonyl (C=O) groups is 1. The lowest BCUT2D eigenvalue weighted by Gasteiger charge is -2.04. The highest BCUT2D eigenvalue weighted by Gasteiger charge is 2.46. The third-order valence-electron chi connectivity index (χ3n) is 2.60. The summed E-state index contributed by atoms with van der Waals surface area (Å²) < 4.78 is 0. The summed E-state index contributed by atoms with van der Waals surface area (Å²) in [5.74, 6) is 0.0665. The summed E-state index contributed by atoms with van der Waals surface area (Å²) in [4.78, 5) is 11.5. The molecule has 0 aromatic carbocycles. The molecule has 1 aliphatic rings. The lowest BCUT2D eigenvalue weighted by Crippen LogP contribution is -2.27. The minimum Gasteiger partial charge on any atom is -0.349 e. The Morgan fingerprint density at radius 1 is 1.69 bits per heavy atom. The molecule has 0 spiro atoms. The van der Waals surface area contributed by atoms with Gasteiger partial charge in [-0.3, -0.25) is 4.79 Å². The summed E-state index contributed by atoms with van der Waals surface area (Å²) in [6, 6.07) is 2.23. The molecule has 3 heteroatoms. The second-order valence-electron chi connectivity index (χ2n) is 4.23. The molecule has 1 atom stereocenters. The van der Waals surface area contributed by atoms with Crippen molar-refractivity contribution in [2.45, 2.75) is 26.3 Å². The van der Waals surface area contributed by atoms with Crippen molar-refractivity contribution in [1.29, 1.82) is 0 Å². The van der Waals surface area contributed by atoms with Gasteiger partial charge >= 0.3 is 0 Å². The Morgan fingerprint density at radius 2 is 2.38 bits per heavy atom. The Balaban J connectivity index is 1.94. The number of nitrogens with one attached hydrogen (secondary N) is 1. The third-order valence-corrected chi connectivity index (χ3v) is 3.29. The Bertz CT molecular complexity index is 316. The minimum atomic E-state index is 0.0665. The molecule has 1 aromatic heterocycles. The average molecular weight is 195 g/mol. The zero-order valence-corrected chi connectivity index (χ0v) is 8.65. The van der Waals surface area contributed by atoms with Crippen molar-refractivity contribution >= 4 is 17.2 Å². The highest BCUT2D eigenvalue weighted by atomic mass is 32.1. The van der Waals surface area contributed by atoms with Crippen molar-refractivity contribution in [2.75, 3.05) is 0 Å². The first-order chi connectivity index (χ1) is 6.09. The number of hydrogen-bond donors (Lipinski definition) is 1. The van der Waals surface area contributed by atoms with Gasteiger partial charge in [0.25, 0.3) is 5.91 Å². The summed E-state index contributed by atoms with van der Waals surface area (Å²) in [7, 11) is 0. The van der Waals surface area contributed by atoms with E-state index in [0.717, 1.165) is 12.0 Å². The smallest absolute Gasteiger partial charge is 0.252 e. The van der Waals surface area contributed by atoms with Crippen molar-refractivity contribution in [1.82, 2.24) is 5.32 Å². The molecule has 1 heterocycles. The van der Waals surface area contributed by atoms with Crippen LogP contribution >= 0.6 is 11.3 Å². The molecule has 1 fully saturated rings. The maximum absolute atomic E-state index is 11.5. The first kappa shape index (κ1) is 8.75. The van der Waals surface area contributed by atoms with Crippen molar-refractivity contribution in [2.24, 2.45) is 5.41 Å². The van der Waals surface area contributed by atoms with E-state index in [1.807, 2.05) is 16.8 Å². The first-order valence-electron chi connectivity index (χ1n) is 4.43. The van der Waals surface area contributed by atoms with Crippen LogP contribution in [0, 0.1) is 5.41 Å². The van der Waals surface area contributed by atoms with Crippen molar-refractivity contribution in [3.63, 3.8) is 0 Å². The molecule has 0 bridgehead atoms. The zero-order valence-electron chi connectivity index (χ0n) is 7.83. The molecule has 13 heavy (non-hydrogen) atoms. The Kier molecular flexibility index (Phi) is 1.91. The molecular formula is C10H13NOS. The summed E-state index contributed by atoms with van der Waals surface area (Å²) in [6.45, 7) is 4.34. The highest BCUT2D eigenvalue weighted by Crippen LogP contribution is 2.44. The van der Waals surface area contributed by atoms with Crippen molar-refractivity contribution < 1.29 is 4.79 Å². The van der Waals surface area contributed by atoms with Gasteiger partial charge in [0.15, 0.2) is 0 Å². The van der Waals surface area contributed by atoms with E-state index in [-0.39, 0.29) is 5.91 Å². The molecule has 1 saturated carbocycles. The number of thiophene rings is 1. The molecule has 2 rings (SSSR count). The normalized spacial score (nSPS) is 24.0. The third kappa shape index (κ3) is 1.75. The van der Waals surface area contributed by atoms with Crippen LogP contribution in [-0.4, -0.2) is 11.9 Å². The molecule has 0 radical (unpaired) electrons. The van der Waals surface area contributed by atoms with Gasteiger partial charge in [0.05, 0.1) is 0 Å². The van der Waals surface area contributed by atoms with Gasteiger partial charge < -0.3 is 5.32 Å². The van der Waals surface area contributed by atoms with Crippen LogP contribution in [0.2, 0.25) is 0 Å². The second-order valence-corrected chi connectivity index (χ2v) is 5.01. The van der Waals surface area contributed by atoms with E-state index in [1.165, 1.54) is 0 Å². The highest BCUT2D eigenvalue weighted by molar-refractivity contribution is 7.08. The van der Waals surface area contributed by atoms with Gasteiger partial charge in [0, 0.05) is 17.0 Å². The van der Waals surface area contributed by atoms with E-state index >= 15 is 0 Å². The van der Waals surface area contributed by atoms with E-state index in [9.17, 15) is 4.79 Å². The number of hydrogen-bond acceptors (Lipinski definition) is 2. The molecule has 1 unspecified atom stereocenters. The van der Waals surface area contributed by atoms with Gasteiger partial charge in [-0.2, -0.15) is 11.3 Å². The second kappa shape index (κ2) is 2.84. The maximum Gasteiger partial charge on any atom is 0.252 e. The van der Waals surface area contributed by atoms with E-state index in [2.05, 4.69) is 19.2 Å². The van der Waals surface area contributed by atoms with Gasteiger partial charge in [-0.25, -0.2) is 0 Å². The van der Waals surface area contributed by atoms with E-state index in [1.54, 1.807) is 11.3 Å². The van der Waals surface area contributed by atoms with Crippen LogP contribution < -0.4 is 5.32 Å². The molecule has 1 amide bonds. The number of amides is 1. The fourth-order valence-corrected chi connectivity index (χ4v) is 1.98.